The topological polar surface area (TPSA) is 49.4 Å². The lowest BCUT2D eigenvalue weighted by Gasteiger charge is -2.29. The van der Waals surface area contributed by atoms with Gasteiger partial charge in [0.2, 0.25) is 11.8 Å². The minimum atomic E-state index is -1.14. The first-order valence-electron chi connectivity index (χ1n) is 8.18. The fraction of sp³-hybridized carbons (Fsp3) is 0.300. The van der Waals surface area contributed by atoms with Crippen molar-refractivity contribution in [2.75, 3.05) is 16.8 Å². The zero-order valence-corrected chi connectivity index (χ0v) is 14.3. The zero-order valence-electron chi connectivity index (χ0n) is 14.3. The number of nitrogens with zero attached hydrogens (tertiary/aromatic N) is 1. The molecule has 0 fully saturated rings. The molecule has 1 heterocycles. The lowest BCUT2D eigenvalue weighted by Crippen LogP contribution is -2.47. The highest BCUT2D eigenvalue weighted by molar-refractivity contribution is 6.15. The minimum absolute atomic E-state index is 0.168. The third-order valence-electron chi connectivity index (χ3n) is 4.63. The molecule has 4 heteroatoms. The summed E-state index contributed by atoms with van der Waals surface area (Å²) in [5.74, 6) is -0.454. The van der Waals surface area contributed by atoms with E-state index in [4.69, 9.17) is 0 Å². The van der Waals surface area contributed by atoms with Crippen molar-refractivity contribution >= 4 is 23.2 Å². The second kappa shape index (κ2) is 6.11. The number of fused-ring (bicyclic) bond motifs is 1. The molecule has 0 saturated heterocycles. The van der Waals surface area contributed by atoms with Gasteiger partial charge in [-0.2, -0.15) is 0 Å². The van der Waals surface area contributed by atoms with Crippen LogP contribution in [-0.2, 0) is 16.0 Å². The number of hydrogen-bond acceptors (Lipinski definition) is 2. The highest BCUT2D eigenvalue weighted by Gasteiger charge is 2.41. The lowest BCUT2D eigenvalue weighted by atomic mass is 9.90. The van der Waals surface area contributed by atoms with E-state index in [1.807, 2.05) is 55.5 Å². The Kier molecular flexibility index (Phi) is 4.14. The molecule has 1 aliphatic heterocycles. The van der Waals surface area contributed by atoms with Crippen molar-refractivity contribution in [1.82, 2.24) is 0 Å². The Morgan fingerprint density at radius 2 is 1.71 bits per heavy atom. The average molecular weight is 322 g/mol. The van der Waals surface area contributed by atoms with Gasteiger partial charge in [-0.15, -0.1) is 0 Å². The Bertz CT molecular complexity index is 796. The number of hydrogen-bond donors (Lipinski definition) is 1. The van der Waals surface area contributed by atoms with Gasteiger partial charge in [0, 0.05) is 17.9 Å². The smallest absolute Gasteiger partial charge is 0.242 e. The molecule has 0 atom stereocenters. The van der Waals surface area contributed by atoms with E-state index in [0.717, 1.165) is 28.9 Å². The molecule has 124 valence electrons. The molecular weight excluding hydrogens is 300 g/mol. The van der Waals surface area contributed by atoms with Crippen molar-refractivity contribution in [2.45, 2.75) is 27.2 Å². The maximum absolute atomic E-state index is 13.0. The molecule has 0 bridgehead atoms. The van der Waals surface area contributed by atoms with Gasteiger partial charge in [0.15, 0.2) is 0 Å². The molecule has 4 nitrogen and oxygen atoms in total. The first kappa shape index (κ1) is 16.2. The third-order valence-corrected chi connectivity index (χ3v) is 4.63. The summed E-state index contributed by atoms with van der Waals surface area (Å²) >= 11 is 0. The van der Waals surface area contributed by atoms with E-state index >= 15 is 0 Å². The Morgan fingerprint density at radius 3 is 2.46 bits per heavy atom. The molecule has 2 amide bonds. The summed E-state index contributed by atoms with van der Waals surface area (Å²) in [6.07, 6.45) is 0.831. The second-order valence-corrected chi connectivity index (χ2v) is 6.73. The van der Waals surface area contributed by atoms with Crippen molar-refractivity contribution in [3.8, 4) is 0 Å². The third kappa shape index (κ3) is 2.80. The molecule has 0 aromatic heterocycles. The molecule has 24 heavy (non-hydrogen) atoms. The largest absolute Gasteiger partial charge is 0.325 e. The van der Waals surface area contributed by atoms with Crippen LogP contribution in [0.5, 0.6) is 0 Å². The highest BCUT2D eigenvalue weighted by Crippen LogP contribution is 2.32. The quantitative estimate of drug-likeness (QED) is 0.879. The standard InChI is InChI=1S/C20H22N2O2/c1-14-8-4-6-10-16(14)21-18(23)20(2,3)19(24)22-13-12-15-9-5-7-11-17(15)22/h4-11H,12-13H2,1-3H3,(H,21,23). The van der Waals surface area contributed by atoms with Crippen molar-refractivity contribution in [3.05, 3.63) is 59.7 Å². The number of anilines is 2. The summed E-state index contributed by atoms with van der Waals surface area (Å²) in [6, 6.07) is 15.4. The summed E-state index contributed by atoms with van der Waals surface area (Å²) in [4.78, 5) is 27.5. The number of amides is 2. The predicted molar refractivity (Wildman–Crippen MR) is 96.1 cm³/mol. The summed E-state index contributed by atoms with van der Waals surface area (Å²) in [5.41, 5.74) is 2.64. The molecule has 0 unspecified atom stereocenters. The molecule has 0 spiro atoms. The molecule has 1 N–H and O–H groups in total. The van der Waals surface area contributed by atoms with Crippen LogP contribution < -0.4 is 10.2 Å². The maximum atomic E-state index is 13.0. The van der Waals surface area contributed by atoms with Crippen LogP contribution in [0.3, 0.4) is 0 Å². The van der Waals surface area contributed by atoms with Crippen LogP contribution in [0, 0.1) is 12.3 Å². The molecule has 1 aliphatic rings. The number of benzene rings is 2. The maximum Gasteiger partial charge on any atom is 0.242 e. The SMILES string of the molecule is Cc1ccccc1NC(=O)C(C)(C)C(=O)N1CCc2ccccc21. The molecule has 0 saturated carbocycles. The van der Waals surface area contributed by atoms with Crippen LogP contribution in [0.25, 0.3) is 0 Å². The molecule has 2 aromatic rings. The fourth-order valence-corrected chi connectivity index (χ4v) is 2.98. The van der Waals surface area contributed by atoms with Gasteiger partial charge in [0.05, 0.1) is 0 Å². The average Bonchev–Trinajstić information content (AvgIpc) is 3.00. The van der Waals surface area contributed by atoms with Crippen LogP contribution in [-0.4, -0.2) is 18.4 Å². The van der Waals surface area contributed by atoms with E-state index < -0.39 is 5.41 Å². The number of aryl methyl sites for hydroxylation is 1. The number of carbonyl (C=O) groups is 2. The van der Waals surface area contributed by atoms with Crippen LogP contribution in [0.1, 0.15) is 25.0 Å². The van der Waals surface area contributed by atoms with Gasteiger partial charge in [-0.3, -0.25) is 9.59 Å². The van der Waals surface area contributed by atoms with E-state index in [1.54, 1.807) is 18.7 Å². The summed E-state index contributed by atoms with van der Waals surface area (Å²) in [7, 11) is 0. The van der Waals surface area contributed by atoms with Crippen LogP contribution >= 0.6 is 0 Å². The van der Waals surface area contributed by atoms with Gasteiger partial charge in [-0.1, -0.05) is 36.4 Å². The summed E-state index contributed by atoms with van der Waals surface area (Å²) < 4.78 is 0. The van der Waals surface area contributed by atoms with Gasteiger partial charge < -0.3 is 10.2 Å². The summed E-state index contributed by atoms with van der Waals surface area (Å²) in [6.45, 7) is 5.92. The van der Waals surface area contributed by atoms with Gasteiger partial charge in [-0.25, -0.2) is 0 Å². The molecule has 0 aliphatic carbocycles. The predicted octanol–water partition coefficient (Wildman–Crippen LogP) is 3.55. The van der Waals surface area contributed by atoms with Crippen LogP contribution in [0.4, 0.5) is 11.4 Å². The second-order valence-electron chi connectivity index (χ2n) is 6.73. The Labute approximate surface area is 142 Å². The normalized spacial score (nSPS) is 13.5. The molecule has 3 rings (SSSR count). The monoisotopic (exact) mass is 322 g/mol. The molecule has 0 radical (unpaired) electrons. The Morgan fingerprint density at radius 1 is 1.04 bits per heavy atom. The van der Waals surface area contributed by atoms with Gasteiger partial charge >= 0.3 is 0 Å². The molecular formula is C20H22N2O2. The van der Waals surface area contributed by atoms with Crippen molar-refractivity contribution in [2.24, 2.45) is 5.41 Å². The number of nitrogens with one attached hydrogen (secondary N) is 1. The van der Waals surface area contributed by atoms with Crippen molar-refractivity contribution < 1.29 is 9.59 Å². The number of para-hydroxylation sites is 2. The lowest BCUT2D eigenvalue weighted by molar-refractivity contribution is -0.136. The van der Waals surface area contributed by atoms with Crippen LogP contribution in [0.2, 0.25) is 0 Å². The van der Waals surface area contributed by atoms with E-state index in [0.29, 0.717) is 6.54 Å². The fourth-order valence-electron chi connectivity index (χ4n) is 2.98. The molecule has 2 aromatic carbocycles. The van der Waals surface area contributed by atoms with Crippen molar-refractivity contribution in [3.63, 3.8) is 0 Å². The van der Waals surface area contributed by atoms with Gasteiger partial charge in [0.25, 0.3) is 0 Å². The highest BCUT2D eigenvalue weighted by atomic mass is 16.2. The first-order valence-corrected chi connectivity index (χ1v) is 8.18. The van der Waals surface area contributed by atoms with Crippen LogP contribution in [0.15, 0.2) is 48.5 Å². The van der Waals surface area contributed by atoms with E-state index in [2.05, 4.69) is 5.32 Å². The van der Waals surface area contributed by atoms with E-state index in [-0.39, 0.29) is 11.8 Å². The minimum Gasteiger partial charge on any atom is -0.325 e. The van der Waals surface area contributed by atoms with E-state index in [9.17, 15) is 9.59 Å². The van der Waals surface area contributed by atoms with Gasteiger partial charge in [-0.05, 0) is 50.5 Å². The Balaban J connectivity index is 1.81. The van der Waals surface area contributed by atoms with Gasteiger partial charge in [0.1, 0.15) is 5.41 Å². The zero-order chi connectivity index (χ0) is 17.3. The van der Waals surface area contributed by atoms with Crippen molar-refractivity contribution in [1.29, 1.82) is 0 Å². The number of carbonyl (C=O) groups excluding carboxylic acids is 2. The first-order chi connectivity index (χ1) is 11.4. The Hall–Kier alpha value is -2.62. The number of rotatable bonds is 3. The van der Waals surface area contributed by atoms with E-state index in [1.165, 1.54) is 0 Å². The summed E-state index contributed by atoms with van der Waals surface area (Å²) in [5, 5.41) is 2.89.